The van der Waals surface area contributed by atoms with E-state index in [1.807, 2.05) is 6.07 Å². The highest BCUT2D eigenvalue weighted by molar-refractivity contribution is 5.34. The largest absolute Gasteiger partial charge is 0.366 e. The second-order valence-electron chi connectivity index (χ2n) is 5.25. The molecule has 4 nitrogen and oxygen atoms in total. The quantitative estimate of drug-likeness (QED) is 0.905. The molecule has 0 spiro atoms. The van der Waals surface area contributed by atoms with Crippen molar-refractivity contribution in [2.75, 3.05) is 18.4 Å². The molecule has 2 heterocycles. The minimum atomic E-state index is 0.796. The third-order valence-electron chi connectivity index (χ3n) is 3.65. The fraction of sp³-hybridized carbons (Fsp3) is 0.375. The number of nitrogens with zero attached hydrogens (tertiary/aromatic N) is 3. The van der Waals surface area contributed by atoms with Crippen molar-refractivity contribution >= 4 is 5.82 Å². The maximum atomic E-state index is 4.17. The summed E-state index contributed by atoms with van der Waals surface area (Å²) in [4.78, 5) is 10.6. The molecule has 0 unspecified atom stereocenters. The molecule has 0 aliphatic carbocycles. The summed E-state index contributed by atoms with van der Waals surface area (Å²) in [5.74, 6) is 0.866. The van der Waals surface area contributed by atoms with Crippen molar-refractivity contribution in [3.8, 4) is 0 Å². The van der Waals surface area contributed by atoms with Crippen molar-refractivity contribution in [3.05, 3.63) is 54.0 Å². The van der Waals surface area contributed by atoms with Gasteiger partial charge in [0.1, 0.15) is 12.1 Å². The van der Waals surface area contributed by atoms with E-state index in [4.69, 9.17) is 0 Å². The van der Waals surface area contributed by atoms with Gasteiger partial charge in [-0.15, -0.1) is 0 Å². The second kappa shape index (κ2) is 6.48. The zero-order valence-corrected chi connectivity index (χ0v) is 11.6. The Bertz CT molecular complexity index is 535. The summed E-state index contributed by atoms with van der Waals surface area (Å²) in [6.45, 7) is 4.35. The van der Waals surface area contributed by atoms with Crippen LogP contribution in [-0.2, 0) is 13.1 Å². The molecular weight excluding hydrogens is 248 g/mol. The average molecular weight is 268 g/mol. The molecule has 0 atom stereocenters. The van der Waals surface area contributed by atoms with E-state index < -0.39 is 0 Å². The van der Waals surface area contributed by atoms with Crippen LogP contribution in [0.1, 0.15) is 24.0 Å². The summed E-state index contributed by atoms with van der Waals surface area (Å²) in [7, 11) is 0. The monoisotopic (exact) mass is 268 g/mol. The van der Waals surface area contributed by atoms with Gasteiger partial charge in [0.2, 0.25) is 0 Å². The minimum absolute atomic E-state index is 0.796. The van der Waals surface area contributed by atoms with Crippen LogP contribution in [0.15, 0.2) is 42.9 Å². The van der Waals surface area contributed by atoms with E-state index in [2.05, 4.69) is 44.5 Å². The van der Waals surface area contributed by atoms with Gasteiger partial charge >= 0.3 is 0 Å². The van der Waals surface area contributed by atoms with Crippen molar-refractivity contribution in [1.29, 1.82) is 0 Å². The molecular formula is C16H20N4. The van der Waals surface area contributed by atoms with Gasteiger partial charge < -0.3 is 5.32 Å². The van der Waals surface area contributed by atoms with Crippen LogP contribution in [-0.4, -0.2) is 28.0 Å². The fourth-order valence-corrected chi connectivity index (χ4v) is 2.62. The Labute approximate surface area is 119 Å². The standard InChI is InChI=1S/C16H20N4/c1-2-9-20(8-1)12-15-5-3-4-14(10-15)11-18-16-6-7-17-13-19-16/h3-7,10,13H,1-2,8-9,11-12H2,(H,17,18,19). The number of aromatic nitrogens is 2. The Hall–Kier alpha value is -1.94. The van der Waals surface area contributed by atoms with Gasteiger partial charge in [-0.05, 0) is 43.1 Å². The SMILES string of the molecule is c1cc(CNc2ccncn2)cc(CN2CCCC2)c1. The van der Waals surface area contributed by atoms with Gasteiger partial charge in [0.15, 0.2) is 0 Å². The Morgan fingerprint density at radius 3 is 2.75 bits per heavy atom. The molecule has 0 radical (unpaired) electrons. The Morgan fingerprint density at radius 1 is 1.10 bits per heavy atom. The van der Waals surface area contributed by atoms with E-state index in [9.17, 15) is 0 Å². The van der Waals surface area contributed by atoms with Crippen molar-refractivity contribution in [1.82, 2.24) is 14.9 Å². The molecule has 4 heteroatoms. The van der Waals surface area contributed by atoms with Crippen LogP contribution in [0.2, 0.25) is 0 Å². The van der Waals surface area contributed by atoms with Gasteiger partial charge in [-0.3, -0.25) is 4.90 Å². The van der Waals surface area contributed by atoms with E-state index >= 15 is 0 Å². The third kappa shape index (κ3) is 3.54. The lowest BCUT2D eigenvalue weighted by Crippen LogP contribution is -2.18. The molecule has 3 rings (SSSR count). The van der Waals surface area contributed by atoms with E-state index in [0.29, 0.717) is 0 Å². The number of hydrogen-bond acceptors (Lipinski definition) is 4. The zero-order chi connectivity index (χ0) is 13.6. The van der Waals surface area contributed by atoms with Crippen LogP contribution < -0.4 is 5.32 Å². The molecule has 1 aromatic carbocycles. The third-order valence-corrected chi connectivity index (χ3v) is 3.65. The highest BCUT2D eigenvalue weighted by atomic mass is 15.1. The van der Waals surface area contributed by atoms with E-state index in [1.165, 1.54) is 37.1 Å². The topological polar surface area (TPSA) is 41.1 Å². The van der Waals surface area contributed by atoms with Crippen molar-refractivity contribution in [3.63, 3.8) is 0 Å². The molecule has 1 fully saturated rings. The molecule has 1 aromatic heterocycles. The van der Waals surface area contributed by atoms with E-state index in [1.54, 1.807) is 12.5 Å². The highest BCUT2D eigenvalue weighted by Crippen LogP contribution is 2.14. The van der Waals surface area contributed by atoms with E-state index in [0.717, 1.165) is 18.9 Å². The normalized spacial score (nSPS) is 15.4. The van der Waals surface area contributed by atoms with Gasteiger partial charge in [0.05, 0.1) is 0 Å². The van der Waals surface area contributed by atoms with Gasteiger partial charge in [0, 0.05) is 19.3 Å². The number of likely N-dealkylation sites (tertiary alicyclic amines) is 1. The first-order valence-corrected chi connectivity index (χ1v) is 7.20. The minimum Gasteiger partial charge on any atom is -0.366 e. The zero-order valence-electron chi connectivity index (χ0n) is 11.6. The Morgan fingerprint density at radius 2 is 1.95 bits per heavy atom. The van der Waals surface area contributed by atoms with Crippen LogP contribution in [0.4, 0.5) is 5.82 Å². The first kappa shape index (κ1) is 13.1. The number of nitrogens with one attached hydrogen (secondary N) is 1. The molecule has 1 N–H and O–H groups in total. The summed E-state index contributed by atoms with van der Waals surface area (Å²) in [5.41, 5.74) is 2.69. The lowest BCUT2D eigenvalue weighted by atomic mass is 10.1. The predicted octanol–water partition coefficient (Wildman–Crippen LogP) is 2.68. The van der Waals surface area contributed by atoms with Crippen molar-refractivity contribution in [2.24, 2.45) is 0 Å². The molecule has 104 valence electrons. The van der Waals surface area contributed by atoms with Crippen LogP contribution in [0.5, 0.6) is 0 Å². The Balaban J connectivity index is 1.59. The maximum absolute atomic E-state index is 4.17. The summed E-state index contributed by atoms with van der Waals surface area (Å²) in [5, 5.41) is 3.32. The molecule has 0 saturated carbocycles. The van der Waals surface area contributed by atoms with Gasteiger partial charge in [0.25, 0.3) is 0 Å². The van der Waals surface area contributed by atoms with Crippen molar-refractivity contribution < 1.29 is 0 Å². The summed E-state index contributed by atoms with van der Waals surface area (Å²) >= 11 is 0. The molecule has 1 aliphatic rings. The first-order valence-electron chi connectivity index (χ1n) is 7.20. The summed E-state index contributed by atoms with van der Waals surface area (Å²) < 4.78 is 0. The van der Waals surface area contributed by atoms with Gasteiger partial charge in [-0.2, -0.15) is 0 Å². The maximum Gasteiger partial charge on any atom is 0.129 e. The summed E-state index contributed by atoms with van der Waals surface area (Å²) in [6.07, 6.45) is 6.00. The molecule has 20 heavy (non-hydrogen) atoms. The van der Waals surface area contributed by atoms with Crippen LogP contribution >= 0.6 is 0 Å². The lowest BCUT2D eigenvalue weighted by Gasteiger charge is -2.15. The summed E-state index contributed by atoms with van der Waals surface area (Å²) in [6, 6.07) is 10.7. The molecule has 1 saturated heterocycles. The first-order chi connectivity index (χ1) is 9.90. The number of hydrogen-bond donors (Lipinski definition) is 1. The Kier molecular flexibility index (Phi) is 4.23. The van der Waals surface area contributed by atoms with Crippen LogP contribution in [0, 0.1) is 0 Å². The number of benzene rings is 1. The fourth-order valence-electron chi connectivity index (χ4n) is 2.62. The van der Waals surface area contributed by atoms with Crippen LogP contribution in [0.3, 0.4) is 0 Å². The van der Waals surface area contributed by atoms with Crippen LogP contribution in [0.25, 0.3) is 0 Å². The molecule has 0 amide bonds. The lowest BCUT2D eigenvalue weighted by molar-refractivity contribution is 0.331. The number of anilines is 1. The predicted molar refractivity (Wildman–Crippen MR) is 80.3 cm³/mol. The molecule has 2 aromatic rings. The molecule has 1 aliphatic heterocycles. The second-order valence-corrected chi connectivity index (χ2v) is 5.25. The van der Waals surface area contributed by atoms with Gasteiger partial charge in [-0.25, -0.2) is 9.97 Å². The number of rotatable bonds is 5. The van der Waals surface area contributed by atoms with E-state index in [-0.39, 0.29) is 0 Å². The average Bonchev–Trinajstić information content (AvgIpc) is 3.00. The van der Waals surface area contributed by atoms with Gasteiger partial charge in [-0.1, -0.05) is 24.3 Å². The smallest absolute Gasteiger partial charge is 0.129 e. The highest BCUT2D eigenvalue weighted by Gasteiger charge is 2.11. The van der Waals surface area contributed by atoms with Crippen molar-refractivity contribution in [2.45, 2.75) is 25.9 Å². The molecule has 0 bridgehead atoms.